The molecule has 0 unspecified atom stereocenters. The monoisotopic (exact) mass is 252 g/mol. The predicted octanol–water partition coefficient (Wildman–Crippen LogP) is 0.322. The van der Waals surface area contributed by atoms with Crippen molar-refractivity contribution in [2.45, 2.75) is 13.3 Å². The van der Waals surface area contributed by atoms with Gasteiger partial charge in [-0.1, -0.05) is 0 Å². The van der Waals surface area contributed by atoms with Crippen molar-refractivity contribution in [1.82, 2.24) is 9.47 Å². The Morgan fingerprint density at radius 3 is 2.67 bits per heavy atom. The highest BCUT2D eigenvalue weighted by Crippen LogP contribution is 2.01. The molecule has 0 radical (unpaired) electrons. The molecule has 0 saturated heterocycles. The van der Waals surface area contributed by atoms with Crippen LogP contribution in [0.3, 0.4) is 0 Å². The Labute approximate surface area is 104 Å². The Balaban J connectivity index is 2.93. The number of pyridine rings is 1. The van der Waals surface area contributed by atoms with Crippen molar-refractivity contribution in [3.63, 3.8) is 0 Å². The first-order chi connectivity index (χ1) is 8.47. The van der Waals surface area contributed by atoms with E-state index in [1.54, 1.807) is 26.2 Å². The minimum Gasteiger partial charge on any atom is -0.481 e. The summed E-state index contributed by atoms with van der Waals surface area (Å²) in [6.07, 6.45) is 1.43. The van der Waals surface area contributed by atoms with Crippen LogP contribution in [0.25, 0.3) is 0 Å². The maximum atomic E-state index is 12.1. The predicted molar refractivity (Wildman–Crippen MR) is 65.5 cm³/mol. The van der Waals surface area contributed by atoms with E-state index in [0.717, 1.165) is 0 Å². The minimum atomic E-state index is -0.970. The van der Waals surface area contributed by atoms with Gasteiger partial charge in [0.05, 0.1) is 6.42 Å². The molecular formula is C12H16N2O4. The highest BCUT2D eigenvalue weighted by molar-refractivity contribution is 5.94. The third kappa shape index (κ3) is 3.19. The summed E-state index contributed by atoms with van der Waals surface area (Å²) < 4.78 is 1.32. The lowest BCUT2D eigenvalue weighted by atomic mass is 10.2. The maximum Gasteiger partial charge on any atom is 0.305 e. The first-order valence-corrected chi connectivity index (χ1v) is 5.64. The van der Waals surface area contributed by atoms with Gasteiger partial charge in [-0.2, -0.15) is 0 Å². The number of rotatable bonds is 5. The van der Waals surface area contributed by atoms with Crippen molar-refractivity contribution in [3.05, 3.63) is 34.2 Å². The van der Waals surface area contributed by atoms with E-state index < -0.39 is 11.9 Å². The number of hydrogen-bond acceptors (Lipinski definition) is 3. The van der Waals surface area contributed by atoms with E-state index in [-0.39, 0.29) is 24.1 Å². The Kier molecular flexibility index (Phi) is 4.65. The summed E-state index contributed by atoms with van der Waals surface area (Å²) in [5, 5.41) is 8.61. The Morgan fingerprint density at radius 2 is 2.11 bits per heavy atom. The molecule has 0 bridgehead atoms. The fraction of sp³-hybridized carbons (Fsp3) is 0.417. The molecule has 0 spiro atoms. The van der Waals surface area contributed by atoms with Gasteiger partial charge in [-0.15, -0.1) is 0 Å². The highest BCUT2D eigenvalue weighted by Gasteiger charge is 2.18. The molecule has 1 rings (SSSR count). The zero-order valence-electron chi connectivity index (χ0n) is 10.4. The number of hydrogen-bond donors (Lipinski definition) is 1. The fourth-order valence-electron chi connectivity index (χ4n) is 1.56. The molecule has 1 N–H and O–H groups in total. The molecule has 0 aliphatic rings. The average Bonchev–Trinajstić information content (AvgIpc) is 2.32. The van der Waals surface area contributed by atoms with Gasteiger partial charge in [-0.3, -0.25) is 14.4 Å². The molecule has 0 saturated carbocycles. The number of aliphatic carboxylic acids is 1. The molecule has 0 aliphatic carbocycles. The van der Waals surface area contributed by atoms with Gasteiger partial charge in [0.2, 0.25) is 0 Å². The number of carboxylic acids is 1. The molecule has 6 nitrogen and oxygen atoms in total. The zero-order valence-corrected chi connectivity index (χ0v) is 10.4. The first-order valence-electron chi connectivity index (χ1n) is 5.64. The van der Waals surface area contributed by atoms with Crippen LogP contribution in [0.1, 0.15) is 23.7 Å². The van der Waals surface area contributed by atoms with Crippen molar-refractivity contribution in [2.75, 3.05) is 13.1 Å². The van der Waals surface area contributed by atoms with Crippen molar-refractivity contribution in [2.24, 2.45) is 7.05 Å². The zero-order chi connectivity index (χ0) is 13.7. The van der Waals surface area contributed by atoms with Crippen molar-refractivity contribution < 1.29 is 14.7 Å². The van der Waals surface area contributed by atoms with Crippen LogP contribution in [0.15, 0.2) is 23.1 Å². The van der Waals surface area contributed by atoms with Crippen LogP contribution >= 0.6 is 0 Å². The summed E-state index contributed by atoms with van der Waals surface area (Å²) in [5.74, 6) is -1.40. The second kappa shape index (κ2) is 6.00. The summed E-state index contributed by atoms with van der Waals surface area (Å²) in [6, 6.07) is 3.06. The summed E-state index contributed by atoms with van der Waals surface area (Å²) in [7, 11) is 1.56. The van der Waals surface area contributed by atoms with Gasteiger partial charge in [-0.05, 0) is 19.1 Å². The van der Waals surface area contributed by atoms with Crippen LogP contribution in [0, 0.1) is 0 Å². The standard InChI is InChI=1S/C12H16N2O4/c1-3-14(8-6-10(15)16)12(18)9-5-4-7-13(2)11(9)17/h4-5,7H,3,6,8H2,1-2H3,(H,15,16). The molecular weight excluding hydrogens is 236 g/mol. The quantitative estimate of drug-likeness (QED) is 0.818. The van der Waals surface area contributed by atoms with Crippen molar-refractivity contribution >= 4 is 11.9 Å². The van der Waals surface area contributed by atoms with Gasteiger partial charge < -0.3 is 14.6 Å². The van der Waals surface area contributed by atoms with Gasteiger partial charge in [0, 0.05) is 26.3 Å². The summed E-state index contributed by atoms with van der Waals surface area (Å²) in [6.45, 7) is 2.21. The topological polar surface area (TPSA) is 79.6 Å². The average molecular weight is 252 g/mol. The summed E-state index contributed by atoms with van der Waals surface area (Å²) in [4.78, 5) is 35.7. The fourth-order valence-corrected chi connectivity index (χ4v) is 1.56. The van der Waals surface area contributed by atoms with Crippen LogP contribution in [-0.4, -0.2) is 39.5 Å². The maximum absolute atomic E-state index is 12.1. The lowest BCUT2D eigenvalue weighted by Crippen LogP contribution is -2.37. The van der Waals surface area contributed by atoms with E-state index >= 15 is 0 Å². The molecule has 0 fully saturated rings. The Morgan fingerprint density at radius 1 is 1.44 bits per heavy atom. The normalized spacial score (nSPS) is 10.1. The van der Waals surface area contributed by atoms with Gasteiger partial charge >= 0.3 is 5.97 Å². The van der Waals surface area contributed by atoms with E-state index in [0.29, 0.717) is 6.54 Å². The second-order valence-electron chi connectivity index (χ2n) is 3.87. The molecule has 1 amide bonds. The lowest BCUT2D eigenvalue weighted by Gasteiger charge is -2.19. The van der Waals surface area contributed by atoms with Crippen LogP contribution < -0.4 is 5.56 Å². The molecule has 6 heteroatoms. The lowest BCUT2D eigenvalue weighted by molar-refractivity contribution is -0.137. The van der Waals surface area contributed by atoms with Crippen LogP contribution in [-0.2, 0) is 11.8 Å². The van der Waals surface area contributed by atoms with Crippen LogP contribution in [0.2, 0.25) is 0 Å². The molecule has 0 aliphatic heterocycles. The first kappa shape index (κ1) is 14.0. The number of carbonyl (C=O) groups excluding carboxylic acids is 1. The molecule has 1 aromatic heterocycles. The number of aromatic nitrogens is 1. The Hall–Kier alpha value is -2.11. The number of nitrogens with zero attached hydrogens (tertiary/aromatic N) is 2. The summed E-state index contributed by atoms with van der Waals surface area (Å²) >= 11 is 0. The van der Waals surface area contributed by atoms with E-state index in [9.17, 15) is 14.4 Å². The number of aryl methyl sites for hydroxylation is 1. The van der Waals surface area contributed by atoms with E-state index in [2.05, 4.69) is 0 Å². The number of carbonyl (C=O) groups is 2. The van der Waals surface area contributed by atoms with Crippen LogP contribution in [0.4, 0.5) is 0 Å². The van der Waals surface area contributed by atoms with E-state index in [1.165, 1.54) is 15.5 Å². The van der Waals surface area contributed by atoms with Gasteiger partial charge in [-0.25, -0.2) is 0 Å². The van der Waals surface area contributed by atoms with E-state index in [1.807, 2.05) is 0 Å². The molecule has 0 atom stereocenters. The third-order valence-electron chi connectivity index (χ3n) is 2.62. The van der Waals surface area contributed by atoms with Gasteiger partial charge in [0.25, 0.3) is 11.5 Å². The third-order valence-corrected chi connectivity index (χ3v) is 2.62. The largest absolute Gasteiger partial charge is 0.481 e. The molecule has 1 heterocycles. The molecule has 0 aromatic carbocycles. The van der Waals surface area contributed by atoms with Gasteiger partial charge in [0.15, 0.2) is 0 Å². The van der Waals surface area contributed by atoms with Gasteiger partial charge in [0.1, 0.15) is 5.56 Å². The van der Waals surface area contributed by atoms with Crippen LogP contribution in [0.5, 0.6) is 0 Å². The van der Waals surface area contributed by atoms with E-state index in [4.69, 9.17) is 5.11 Å². The van der Waals surface area contributed by atoms with Crippen molar-refractivity contribution in [3.8, 4) is 0 Å². The molecule has 18 heavy (non-hydrogen) atoms. The second-order valence-corrected chi connectivity index (χ2v) is 3.87. The number of amides is 1. The SMILES string of the molecule is CCN(CCC(=O)O)C(=O)c1cccn(C)c1=O. The minimum absolute atomic E-state index is 0.0623. The smallest absolute Gasteiger partial charge is 0.305 e. The highest BCUT2D eigenvalue weighted by atomic mass is 16.4. The number of carboxylic acid groups (broad SMARTS) is 1. The van der Waals surface area contributed by atoms with Crippen molar-refractivity contribution in [1.29, 1.82) is 0 Å². The molecule has 1 aromatic rings. The molecule has 98 valence electrons. The Bertz CT molecular complexity index is 507. The summed E-state index contributed by atoms with van der Waals surface area (Å²) in [5.41, 5.74) is -0.316.